The highest BCUT2D eigenvalue weighted by Gasteiger charge is 2.26. The van der Waals surface area contributed by atoms with Crippen molar-refractivity contribution >= 4 is 11.8 Å². The molecule has 2 aliphatic rings. The molecule has 1 aliphatic heterocycles. The molecule has 1 aliphatic carbocycles. The van der Waals surface area contributed by atoms with Crippen LogP contribution in [0.25, 0.3) is 0 Å². The van der Waals surface area contributed by atoms with Crippen molar-refractivity contribution in [2.75, 3.05) is 26.2 Å². The number of halogens is 1. The number of benzene rings is 2. The molecule has 2 aromatic carbocycles. The van der Waals surface area contributed by atoms with E-state index in [1.54, 1.807) is 18.2 Å². The van der Waals surface area contributed by atoms with E-state index < -0.39 is 0 Å². The Morgan fingerprint density at radius 2 is 1.79 bits per heavy atom. The van der Waals surface area contributed by atoms with Gasteiger partial charge in [0.2, 0.25) is 11.8 Å². The molecule has 0 saturated carbocycles. The summed E-state index contributed by atoms with van der Waals surface area (Å²) in [5.41, 5.74) is 4.67. The molecular formula is C28H36FN3O2. The number of hydrogen-bond acceptors (Lipinski definition) is 3. The van der Waals surface area contributed by atoms with Crippen LogP contribution in [0, 0.1) is 11.7 Å². The Hall–Kier alpha value is -2.73. The number of fused-ring (bicyclic) bond motifs is 1. The molecule has 2 amide bonds. The predicted octanol–water partition coefficient (Wildman–Crippen LogP) is 3.95. The van der Waals surface area contributed by atoms with Gasteiger partial charge in [-0.2, -0.15) is 0 Å². The molecular weight excluding hydrogens is 429 g/mol. The fraction of sp³-hybridized carbons (Fsp3) is 0.500. The van der Waals surface area contributed by atoms with Gasteiger partial charge in [0, 0.05) is 12.5 Å². The Labute approximate surface area is 202 Å². The summed E-state index contributed by atoms with van der Waals surface area (Å²) < 4.78 is 13.7. The molecule has 4 rings (SSSR count). The number of nitrogens with one attached hydrogen (secondary N) is 2. The van der Waals surface area contributed by atoms with Gasteiger partial charge in [-0.15, -0.1) is 0 Å². The van der Waals surface area contributed by atoms with E-state index in [-0.39, 0.29) is 29.6 Å². The molecule has 2 aromatic rings. The van der Waals surface area contributed by atoms with Crippen molar-refractivity contribution < 1.29 is 14.0 Å². The van der Waals surface area contributed by atoms with Crippen LogP contribution in [0.3, 0.4) is 0 Å². The first-order valence-electron chi connectivity index (χ1n) is 12.6. The van der Waals surface area contributed by atoms with Crippen LogP contribution in [0.2, 0.25) is 0 Å². The highest BCUT2D eigenvalue weighted by Crippen LogP contribution is 2.25. The summed E-state index contributed by atoms with van der Waals surface area (Å²) in [6, 6.07) is 13.3. The van der Waals surface area contributed by atoms with Crippen molar-refractivity contribution in [3.05, 3.63) is 70.5 Å². The van der Waals surface area contributed by atoms with E-state index in [1.807, 2.05) is 6.92 Å². The standard InChI is InChI=1S/C28H36FN3O2/c1-20(24-11-10-21-6-2-3-8-25(21)18-24)31-27(33)19-32-16-13-23(14-17-32)28(34)30-15-12-22-7-4-5-9-26(22)29/h4-5,7,9-11,18,20,23H,2-3,6,8,12-17,19H2,1H3,(H,30,34)(H,31,33). The second kappa shape index (κ2) is 11.6. The molecule has 0 aromatic heterocycles. The number of piperidine rings is 1. The van der Waals surface area contributed by atoms with Crippen LogP contribution in [0.4, 0.5) is 4.39 Å². The number of carbonyl (C=O) groups is 2. The van der Waals surface area contributed by atoms with E-state index in [4.69, 9.17) is 0 Å². The van der Waals surface area contributed by atoms with E-state index in [9.17, 15) is 14.0 Å². The van der Waals surface area contributed by atoms with Crippen LogP contribution in [0.5, 0.6) is 0 Å². The quantitative estimate of drug-likeness (QED) is 0.621. The van der Waals surface area contributed by atoms with E-state index >= 15 is 0 Å². The van der Waals surface area contributed by atoms with Crippen LogP contribution < -0.4 is 10.6 Å². The van der Waals surface area contributed by atoms with Crippen molar-refractivity contribution in [2.45, 2.75) is 57.9 Å². The number of amides is 2. The monoisotopic (exact) mass is 465 g/mol. The third-order valence-corrected chi connectivity index (χ3v) is 7.23. The molecule has 6 heteroatoms. The van der Waals surface area contributed by atoms with Crippen molar-refractivity contribution in [1.29, 1.82) is 0 Å². The first-order chi connectivity index (χ1) is 16.5. The van der Waals surface area contributed by atoms with Gasteiger partial charge in [0.15, 0.2) is 0 Å². The van der Waals surface area contributed by atoms with Crippen molar-refractivity contribution in [1.82, 2.24) is 15.5 Å². The second-order valence-electron chi connectivity index (χ2n) is 9.71. The number of hydrogen-bond donors (Lipinski definition) is 2. The van der Waals surface area contributed by atoms with Crippen LogP contribution in [-0.4, -0.2) is 42.9 Å². The lowest BCUT2D eigenvalue weighted by Gasteiger charge is -2.31. The zero-order chi connectivity index (χ0) is 23.9. The van der Waals surface area contributed by atoms with Gasteiger partial charge in [0.25, 0.3) is 0 Å². The maximum Gasteiger partial charge on any atom is 0.234 e. The minimum absolute atomic E-state index is 0.0162. The normalized spacial score (nSPS) is 17.6. The van der Waals surface area contributed by atoms with Crippen LogP contribution in [-0.2, 0) is 28.9 Å². The topological polar surface area (TPSA) is 61.4 Å². The summed E-state index contributed by atoms with van der Waals surface area (Å²) in [6.45, 7) is 4.29. The molecule has 1 saturated heterocycles. The number of likely N-dealkylation sites (tertiary alicyclic amines) is 1. The summed E-state index contributed by atoms with van der Waals surface area (Å²) in [7, 11) is 0. The third-order valence-electron chi connectivity index (χ3n) is 7.23. The van der Waals surface area contributed by atoms with Gasteiger partial charge in [0.05, 0.1) is 12.6 Å². The van der Waals surface area contributed by atoms with Gasteiger partial charge in [-0.25, -0.2) is 4.39 Å². The Kier molecular flexibility index (Phi) is 8.33. The van der Waals surface area contributed by atoms with Crippen LogP contribution in [0.15, 0.2) is 42.5 Å². The molecule has 0 radical (unpaired) electrons. The minimum atomic E-state index is -0.232. The maximum absolute atomic E-state index is 13.7. The van der Waals surface area contributed by atoms with Gasteiger partial charge in [-0.3, -0.25) is 14.5 Å². The third kappa shape index (κ3) is 6.44. The van der Waals surface area contributed by atoms with Gasteiger partial charge < -0.3 is 10.6 Å². The highest BCUT2D eigenvalue weighted by molar-refractivity contribution is 5.79. The molecule has 34 heavy (non-hydrogen) atoms. The number of rotatable bonds is 8. The highest BCUT2D eigenvalue weighted by atomic mass is 19.1. The molecule has 1 atom stereocenters. The number of nitrogens with zero attached hydrogens (tertiary/aromatic N) is 1. The Bertz CT molecular complexity index is 1000. The first kappa shape index (κ1) is 24.4. The lowest BCUT2D eigenvalue weighted by molar-refractivity contribution is -0.126. The summed E-state index contributed by atoms with van der Waals surface area (Å²) >= 11 is 0. The lowest BCUT2D eigenvalue weighted by atomic mass is 9.89. The van der Waals surface area contributed by atoms with Crippen molar-refractivity contribution in [3.63, 3.8) is 0 Å². The first-order valence-corrected chi connectivity index (χ1v) is 12.6. The summed E-state index contributed by atoms with van der Waals surface area (Å²) in [4.78, 5) is 27.3. The number of carbonyl (C=O) groups excluding carboxylic acids is 2. The summed E-state index contributed by atoms with van der Waals surface area (Å²) in [5, 5.41) is 6.09. The predicted molar refractivity (Wildman–Crippen MR) is 132 cm³/mol. The van der Waals surface area contributed by atoms with Crippen LogP contribution >= 0.6 is 0 Å². The fourth-order valence-electron chi connectivity index (χ4n) is 5.12. The Morgan fingerprint density at radius 3 is 2.56 bits per heavy atom. The maximum atomic E-state index is 13.7. The Balaban J connectivity index is 1.17. The van der Waals surface area contributed by atoms with Crippen molar-refractivity contribution in [2.24, 2.45) is 5.92 Å². The van der Waals surface area contributed by atoms with E-state index in [1.165, 1.54) is 35.6 Å². The fourth-order valence-corrected chi connectivity index (χ4v) is 5.12. The van der Waals surface area contributed by atoms with Gasteiger partial charge in [0.1, 0.15) is 5.82 Å². The smallest absolute Gasteiger partial charge is 0.234 e. The van der Waals surface area contributed by atoms with Crippen molar-refractivity contribution in [3.8, 4) is 0 Å². The molecule has 1 heterocycles. The molecule has 0 spiro atoms. The zero-order valence-electron chi connectivity index (χ0n) is 20.1. The van der Waals surface area contributed by atoms with E-state index in [0.29, 0.717) is 25.1 Å². The number of aryl methyl sites for hydroxylation is 2. The van der Waals surface area contributed by atoms with Gasteiger partial charge in [-0.05, 0) is 93.3 Å². The molecule has 5 nitrogen and oxygen atoms in total. The summed E-state index contributed by atoms with van der Waals surface area (Å²) in [6.07, 6.45) is 6.77. The Morgan fingerprint density at radius 1 is 1.06 bits per heavy atom. The van der Waals surface area contributed by atoms with E-state index in [0.717, 1.165) is 38.8 Å². The summed E-state index contributed by atoms with van der Waals surface area (Å²) in [5.74, 6) is -0.224. The average Bonchev–Trinajstić information content (AvgIpc) is 2.85. The van der Waals surface area contributed by atoms with Crippen LogP contribution in [0.1, 0.15) is 60.9 Å². The SMILES string of the molecule is CC(NC(=O)CN1CCC(C(=O)NCCc2ccccc2F)CC1)c1ccc2c(c1)CCCC2. The van der Waals surface area contributed by atoms with Gasteiger partial charge in [-0.1, -0.05) is 36.4 Å². The lowest BCUT2D eigenvalue weighted by Crippen LogP contribution is -2.45. The average molecular weight is 466 g/mol. The minimum Gasteiger partial charge on any atom is -0.356 e. The molecule has 2 N–H and O–H groups in total. The largest absolute Gasteiger partial charge is 0.356 e. The molecule has 0 bridgehead atoms. The van der Waals surface area contributed by atoms with Gasteiger partial charge >= 0.3 is 0 Å². The van der Waals surface area contributed by atoms with E-state index in [2.05, 4.69) is 33.7 Å². The molecule has 1 unspecified atom stereocenters. The second-order valence-corrected chi connectivity index (χ2v) is 9.71. The zero-order valence-corrected chi connectivity index (χ0v) is 20.1. The molecule has 1 fully saturated rings. The molecule has 182 valence electrons.